The third-order valence-corrected chi connectivity index (χ3v) is 3.10. The molecule has 1 aromatic heterocycles. The monoisotopic (exact) mass is 274 g/mol. The minimum atomic E-state index is -2.40. The van der Waals surface area contributed by atoms with Crippen molar-refractivity contribution in [3.8, 4) is 11.8 Å². The van der Waals surface area contributed by atoms with E-state index in [-0.39, 0.29) is 19.7 Å². The standard InChI is InChI=1S/C12H16F2N2OS/c13-12(14)8-16(4-5-17)7-11-6-10(9-18-11)2-1-3-15/h6,9,12,17H,3-5,7-8,15H2. The van der Waals surface area contributed by atoms with Crippen LogP contribution >= 0.6 is 11.3 Å². The third-order valence-electron chi connectivity index (χ3n) is 2.18. The van der Waals surface area contributed by atoms with E-state index >= 15 is 0 Å². The molecule has 6 heteroatoms. The summed E-state index contributed by atoms with van der Waals surface area (Å²) in [7, 11) is 0. The van der Waals surface area contributed by atoms with Crippen molar-refractivity contribution in [2.75, 3.05) is 26.2 Å². The molecule has 1 aromatic rings. The minimum absolute atomic E-state index is 0.127. The molecule has 0 aliphatic carbocycles. The van der Waals surface area contributed by atoms with Gasteiger partial charge in [-0.15, -0.1) is 11.3 Å². The first-order chi connectivity index (χ1) is 8.65. The second-order valence-corrected chi connectivity index (χ2v) is 4.65. The van der Waals surface area contributed by atoms with Crippen molar-refractivity contribution < 1.29 is 13.9 Å². The number of alkyl halides is 2. The summed E-state index contributed by atoms with van der Waals surface area (Å²) >= 11 is 1.47. The second-order valence-electron chi connectivity index (χ2n) is 3.66. The molecule has 0 amide bonds. The number of hydrogen-bond donors (Lipinski definition) is 2. The Morgan fingerprint density at radius 1 is 1.50 bits per heavy atom. The highest BCUT2D eigenvalue weighted by Crippen LogP contribution is 2.16. The van der Waals surface area contributed by atoms with Gasteiger partial charge in [0.1, 0.15) is 0 Å². The van der Waals surface area contributed by atoms with Crippen molar-refractivity contribution in [2.24, 2.45) is 5.73 Å². The normalized spacial score (nSPS) is 10.8. The average molecular weight is 274 g/mol. The molecule has 0 aliphatic heterocycles. The molecule has 0 unspecified atom stereocenters. The predicted molar refractivity (Wildman–Crippen MR) is 68.6 cm³/mol. The highest BCUT2D eigenvalue weighted by Gasteiger charge is 2.12. The summed E-state index contributed by atoms with van der Waals surface area (Å²) in [6, 6.07) is 1.86. The minimum Gasteiger partial charge on any atom is -0.395 e. The van der Waals surface area contributed by atoms with Gasteiger partial charge in [0, 0.05) is 28.9 Å². The second kappa shape index (κ2) is 8.16. The topological polar surface area (TPSA) is 49.5 Å². The summed E-state index contributed by atoms with van der Waals surface area (Å²) in [5, 5.41) is 10.7. The quantitative estimate of drug-likeness (QED) is 0.764. The number of halogens is 2. The zero-order valence-corrected chi connectivity index (χ0v) is 10.7. The van der Waals surface area contributed by atoms with E-state index in [1.54, 1.807) is 0 Å². The molecule has 1 rings (SSSR count). The van der Waals surface area contributed by atoms with Crippen LogP contribution in [0.2, 0.25) is 0 Å². The Labute approximate surface area is 109 Å². The van der Waals surface area contributed by atoms with E-state index in [4.69, 9.17) is 10.8 Å². The summed E-state index contributed by atoms with van der Waals surface area (Å²) in [6.45, 7) is 0.485. The van der Waals surface area contributed by atoms with E-state index in [0.29, 0.717) is 13.1 Å². The molecule has 3 N–H and O–H groups in total. The van der Waals surface area contributed by atoms with Gasteiger partial charge in [0.2, 0.25) is 0 Å². The van der Waals surface area contributed by atoms with E-state index in [1.807, 2.05) is 11.4 Å². The summed E-state index contributed by atoms with van der Waals surface area (Å²) in [4.78, 5) is 2.47. The van der Waals surface area contributed by atoms with Gasteiger partial charge in [-0.05, 0) is 6.07 Å². The molecule has 0 bridgehead atoms. The molecular formula is C12H16F2N2OS. The zero-order valence-electron chi connectivity index (χ0n) is 9.90. The molecule has 18 heavy (non-hydrogen) atoms. The van der Waals surface area contributed by atoms with Crippen molar-refractivity contribution in [1.82, 2.24) is 4.90 Å². The highest BCUT2D eigenvalue weighted by atomic mass is 32.1. The largest absolute Gasteiger partial charge is 0.395 e. The van der Waals surface area contributed by atoms with Crippen molar-refractivity contribution in [2.45, 2.75) is 13.0 Å². The lowest BCUT2D eigenvalue weighted by Gasteiger charge is -2.19. The molecule has 0 saturated heterocycles. The molecule has 0 fully saturated rings. The van der Waals surface area contributed by atoms with E-state index in [0.717, 1.165) is 10.4 Å². The van der Waals surface area contributed by atoms with Gasteiger partial charge in [-0.2, -0.15) is 0 Å². The molecule has 0 spiro atoms. The van der Waals surface area contributed by atoms with Gasteiger partial charge in [-0.3, -0.25) is 4.90 Å². The molecule has 0 aliphatic rings. The highest BCUT2D eigenvalue weighted by molar-refractivity contribution is 7.10. The van der Waals surface area contributed by atoms with Crippen molar-refractivity contribution in [3.63, 3.8) is 0 Å². The smallest absolute Gasteiger partial charge is 0.251 e. The fourth-order valence-corrected chi connectivity index (χ4v) is 2.33. The number of rotatable bonds is 6. The van der Waals surface area contributed by atoms with Crippen LogP contribution in [0.5, 0.6) is 0 Å². The maximum absolute atomic E-state index is 12.3. The van der Waals surface area contributed by atoms with Crippen LogP contribution in [0.15, 0.2) is 11.4 Å². The number of aliphatic hydroxyl groups is 1. The van der Waals surface area contributed by atoms with Crippen molar-refractivity contribution in [1.29, 1.82) is 0 Å². The van der Waals surface area contributed by atoms with E-state index < -0.39 is 6.43 Å². The first-order valence-electron chi connectivity index (χ1n) is 5.53. The fourth-order valence-electron chi connectivity index (χ4n) is 1.47. The van der Waals surface area contributed by atoms with Gasteiger partial charge in [0.15, 0.2) is 0 Å². The SMILES string of the molecule is NCC#Cc1csc(CN(CCO)CC(F)F)c1. The van der Waals surface area contributed by atoms with Crippen LogP contribution in [-0.2, 0) is 6.54 Å². The van der Waals surface area contributed by atoms with Crippen molar-refractivity contribution in [3.05, 3.63) is 21.9 Å². The Balaban J connectivity index is 2.60. The molecule has 100 valence electrons. The Morgan fingerprint density at radius 3 is 2.89 bits per heavy atom. The van der Waals surface area contributed by atoms with Gasteiger partial charge in [-0.25, -0.2) is 8.78 Å². The third kappa shape index (κ3) is 5.56. The Morgan fingerprint density at radius 2 is 2.28 bits per heavy atom. The summed E-state index contributed by atoms with van der Waals surface area (Å²) < 4.78 is 24.7. The van der Waals surface area contributed by atoms with E-state index in [1.165, 1.54) is 16.2 Å². The van der Waals surface area contributed by atoms with Gasteiger partial charge in [0.25, 0.3) is 6.43 Å². The summed E-state index contributed by atoms with van der Waals surface area (Å²) in [6.07, 6.45) is -2.40. The van der Waals surface area contributed by atoms with Crippen LogP contribution in [0, 0.1) is 11.8 Å². The fraction of sp³-hybridized carbons (Fsp3) is 0.500. The van der Waals surface area contributed by atoms with Gasteiger partial charge in [0.05, 0.1) is 19.7 Å². The number of nitrogens with zero attached hydrogens (tertiary/aromatic N) is 1. The molecule has 0 aromatic carbocycles. The zero-order chi connectivity index (χ0) is 13.4. The van der Waals surface area contributed by atoms with Crippen molar-refractivity contribution >= 4 is 11.3 Å². The summed E-state index contributed by atoms with van der Waals surface area (Å²) in [5.41, 5.74) is 6.12. The molecule has 0 atom stereocenters. The van der Waals surface area contributed by atoms with Crippen LogP contribution in [0.4, 0.5) is 8.78 Å². The maximum Gasteiger partial charge on any atom is 0.251 e. The lowest BCUT2D eigenvalue weighted by Crippen LogP contribution is -2.30. The summed E-state index contributed by atoms with van der Waals surface area (Å²) in [5.74, 6) is 5.63. The van der Waals surface area contributed by atoms with Gasteiger partial charge >= 0.3 is 0 Å². The number of thiophene rings is 1. The number of hydrogen-bond acceptors (Lipinski definition) is 4. The van der Waals surface area contributed by atoms with Crippen LogP contribution in [0.1, 0.15) is 10.4 Å². The Bertz CT molecular complexity index is 412. The first kappa shape index (κ1) is 15.1. The Hall–Kier alpha value is -1.00. The van der Waals surface area contributed by atoms with Crippen LogP contribution in [-0.4, -0.2) is 42.7 Å². The molecule has 3 nitrogen and oxygen atoms in total. The van der Waals surface area contributed by atoms with E-state index in [9.17, 15) is 8.78 Å². The molecule has 0 radical (unpaired) electrons. The van der Waals surface area contributed by atoms with Crippen LogP contribution in [0.25, 0.3) is 0 Å². The molecular weight excluding hydrogens is 258 g/mol. The van der Waals surface area contributed by atoms with Crippen LogP contribution in [0.3, 0.4) is 0 Å². The number of nitrogens with two attached hydrogens (primary N) is 1. The van der Waals surface area contributed by atoms with Gasteiger partial charge in [-0.1, -0.05) is 11.8 Å². The van der Waals surface area contributed by atoms with Crippen LogP contribution < -0.4 is 5.73 Å². The van der Waals surface area contributed by atoms with E-state index in [2.05, 4.69) is 11.8 Å². The maximum atomic E-state index is 12.3. The lowest BCUT2D eigenvalue weighted by molar-refractivity contribution is 0.0751. The molecule has 1 heterocycles. The molecule has 0 saturated carbocycles. The Kier molecular flexibility index (Phi) is 6.83. The lowest BCUT2D eigenvalue weighted by atomic mass is 10.3. The average Bonchev–Trinajstić information content (AvgIpc) is 2.73. The van der Waals surface area contributed by atoms with Gasteiger partial charge < -0.3 is 10.8 Å². The number of aliphatic hydroxyl groups excluding tert-OH is 1. The predicted octanol–water partition coefficient (Wildman–Crippen LogP) is 1.12. The first-order valence-corrected chi connectivity index (χ1v) is 6.41.